The summed E-state index contributed by atoms with van der Waals surface area (Å²) in [5.74, 6) is -1.71. The predicted octanol–water partition coefficient (Wildman–Crippen LogP) is 5.54. The molecule has 7 nitrogen and oxygen atoms in total. The number of halogens is 3. The lowest BCUT2D eigenvalue weighted by atomic mass is 10.2. The third-order valence-corrected chi connectivity index (χ3v) is 6.04. The van der Waals surface area contributed by atoms with Crippen molar-refractivity contribution in [1.82, 2.24) is 0 Å². The van der Waals surface area contributed by atoms with Gasteiger partial charge in [-0.2, -0.15) is 0 Å². The van der Waals surface area contributed by atoms with Crippen LogP contribution in [0.1, 0.15) is 15.9 Å². The van der Waals surface area contributed by atoms with E-state index < -0.39 is 17.8 Å². The molecule has 0 spiro atoms. The van der Waals surface area contributed by atoms with Gasteiger partial charge in [-0.15, -0.1) is 0 Å². The van der Waals surface area contributed by atoms with Crippen LogP contribution in [0.3, 0.4) is 0 Å². The van der Waals surface area contributed by atoms with Crippen LogP contribution in [0, 0.1) is 6.92 Å². The highest BCUT2D eigenvalue weighted by Gasteiger charge is 2.39. The molecule has 1 aliphatic rings. The van der Waals surface area contributed by atoms with Gasteiger partial charge < -0.3 is 15.8 Å². The van der Waals surface area contributed by atoms with E-state index in [4.69, 9.17) is 45.3 Å². The highest BCUT2D eigenvalue weighted by atomic mass is 35.5. The number of nitrogens with zero attached hydrogens (tertiary/aromatic N) is 1. The molecule has 0 unspecified atom stereocenters. The van der Waals surface area contributed by atoms with Gasteiger partial charge in [0.15, 0.2) is 5.75 Å². The van der Waals surface area contributed by atoms with E-state index in [-0.39, 0.29) is 37.8 Å². The fourth-order valence-corrected chi connectivity index (χ4v) is 3.73. The molecule has 0 fully saturated rings. The lowest BCUT2D eigenvalue weighted by molar-refractivity contribution is -0.120. The lowest BCUT2D eigenvalue weighted by Crippen LogP contribution is -2.32. The lowest BCUT2D eigenvalue weighted by Gasteiger charge is -2.15. The number of esters is 1. The van der Waals surface area contributed by atoms with E-state index in [0.29, 0.717) is 11.4 Å². The summed E-state index contributed by atoms with van der Waals surface area (Å²) in [6.45, 7) is 1.88. The predicted molar refractivity (Wildman–Crippen MR) is 132 cm³/mol. The molecule has 0 saturated heterocycles. The fourth-order valence-electron chi connectivity index (χ4n) is 3.22. The average Bonchev–Trinajstić information content (AvgIpc) is 3.01. The first-order valence-corrected chi connectivity index (χ1v) is 11.0. The van der Waals surface area contributed by atoms with Crippen molar-refractivity contribution >= 4 is 69.6 Å². The van der Waals surface area contributed by atoms with E-state index in [1.165, 1.54) is 30.3 Å². The number of nitrogens with two attached hydrogens (primary N) is 1. The number of carbonyl (C=O) groups is 3. The van der Waals surface area contributed by atoms with Crippen molar-refractivity contribution in [2.75, 3.05) is 16.0 Å². The molecule has 3 aromatic rings. The molecule has 0 saturated carbocycles. The van der Waals surface area contributed by atoms with Gasteiger partial charge in [0.05, 0.1) is 27.0 Å². The normalized spacial score (nSPS) is 13.5. The van der Waals surface area contributed by atoms with Crippen LogP contribution in [-0.4, -0.2) is 17.8 Å². The van der Waals surface area contributed by atoms with Gasteiger partial charge in [-0.25, -0.2) is 9.69 Å². The van der Waals surface area contributed by atoms with E-state index in [1.807, 2.05) is 6.92 Å². The van der Waals surface area contributed by atoms with Crippen LogP contribution >= 0.6 is 34.8 Å². The van der Waals surface area contributed by atoms with Crippen LogP contribution in [0.5, 0.6) is 5.75 Å². The van der Waals surface area contributed by atoms with E-state index in [0.717, 1.165) is 10.5 Å². The minimum absolute atomic E-state index is 0.111. The number of rotatable bonds is 5. The van der Waals surface area contributed by atoms with Crippen LogP contribution < -0.4 is 20.7 Å². The summed E-state index contributed by atoms with van der Waals surface area (Å²) < 4.78 is 5.35. The van der Waals surface area contributed by atoms with Gasteiger partial charge in [-0.1, -0.05) is 40.9 Å². The fraction of sp³-hybridized carbons (Fsp3) is 0.0417. The number of imide groups is 1. The van der Waals surface area contributed by atoms with Gasteiger partial charge in [0.2, 0.25) is 0 Å². The van der Waals surface area contributed by atoms with Crippen molar-refractivity contribution in [2.45, 2.75) is 6.92 Å². The maximum absolute atomic E-state index is 12.9. The zero-order chi connectivity index (χ0) is 24.6. The van der Waals surface area contributed by atoms with Gasteiger partial charge in [-0.05, 0) is 67.1 Å². The third-order valence-electron chi connectivity index (χ3n) is 4.95. The molecule has 1 aliphatic heterocycles. The summed E-state index contributed by atoms with van der Waals surface area (Å²) in [6.07, 6.45) is 0. The summed E-state index contributed by atoms with van der Waals surface area (Å²) in [5.41, 5.74) is 7.99. The van der Waals surface area contributed by atoms with Gasteiger partial charge in [0.25, 0.3) is 11.8 Å². The first kappa shape index (κ1) is 23.6. The number of carbonyl (C=O) groups excluding carboxylic acids is 3. The van der Waals surface area contributed by atoms with Crippen molar-refractivity contribution in [3.05, 3.63) is 92.6 Å². The molecule has 3 N–H and O–H groups in total. The molecule has 2 amide bonds. The molecule has 3 aromatic carbocycles. The molecule has 1 heterocycles. The van der Waals surface area contributed by atoms with Crippen molar-refractivity contribution in [3.63, 3.8) is 0 Å². The Kier molecular flexibility index (Phi) is 6.52. The van der Waals surface area contributed by atoms with Crippen LogP contribution in [0.4, 0.5) is 17.1 Å². The van der Waals surface area contributed by atoms with Crippen molar-refractivity contribution in [1.29, 1.82) is 0 Å². The number of benzene rings is 3. The molecular weight excluding hydrogens is 501 g/mol. The first-order valence-electron chi connectivity index (χ1n) is 9.84. The molecule has 4 rings (SSSR count). The Balaban J connectivity index is 1.49. The maximum atomic E-state index is 12.9. The van der Waals surface area contributed by atoms with E-state index >= 15 is 0 Å². The number of nitrogen functional groups attached to an aromatic ring is 1. The van der Waals surface area contributed by atoms with Crippen LogP contribution in [-0.2, 0) is 9.59 Å². The van der Waals surface area contributed by atoms with Crippen molar-refractivity contribution < 1.29 is 19.1 Å². The number of hydrogen-bond donors (Lipinski definition) is 2. The van der Waals surface area contributed by atoms with E-state index in [2.05, 4.69) is 5.32 Å². The molecule has 172 valence electrons. The van der Waals surface area contributed by atoms with Gasteiger partial charge in [0.1, 0.15) is 10.7 Å². The van der Waals surface area contributed by atoms with Crippen LogP contribution in [0.25, 0.3) is 0 Å². The number of hydrogen-bond acceptors (Lipinski definition) is 6. The minimum atomic E-state index is -0.705. The molecule has 0 bridgehead atoms. The largest absolute Gasteiger partial charge is 0.421 e. The number of nitrogens with one attached hydrogen (secondary N) is 1. The van der Waals surface area contributed by atoms with E-state index in [9.17, 15) is 14.4 Å². The Morgan fingerprint density at radius 2 is 1.62 bits per heavy atom. The second-order valence-electron chi connectivity index (χ2n) is 7.37. The summed E-state index contributed by atoms with van der Waals surface area (Å²) in [5, 5.41) is 3.02. The Hall–Kier alpha value is -3.52. The van der Waals surface area contributed by atoms with Gasteiger partial charge >= 0.3 is 5.97 Å². The topological polar surface area (TPSA) is 102 Å². The zero-order valence-corrected chi connectivity index (χ0v) is 19.8. The molecule has 0 atom stereocenters. The van der Waals surface area contributed by atoms with Crippen LogP contribution in [0.2, 0.25) is 10.0 Å². The molecule has 0 radical (unpaired) electrons. The zero-order valence-electron chi connectivity index (χ0n) is 17.6. The monoisotopic (exact) mass is 515 g/mol. The van der Waals surface area contributed by atoms with Crippen molar-refractivity contribution in [2.24, 2.45) is 0 Å². The Bertz CT molecular complexity index is 1370. The second kappa shape index (κ2) is 9.38. The highest BCUT2D eigenvalue weighted by Crippen LogP contribution is 2.33. The number of ether oxygens (including phenoxy) is 1. The summed E-state index contributed by atoms with van der Waals surface area (Å²) >= 11 is 18.1. The molecule has 10 heteroatoms. The second-order valence-corrected chi connectivity index (χ2v) is 8.56. The minimum Gasteiger partial charge on any atom is -0.421 e. The first-order chi connectivity index (χ1) is 16.2. The molecule has 0 aliphatic carbocycles. The Morgan fingerprint density at radius 3 is 2.26 bits per heavy atom. The molecular formula is C24H16Cl3N3O4. The Morgan fingerprint density at radius 1 is 0.912 bits per heavy atom. The smallest absolute Gasteiger partial charge is 0.343 e. The number of amides is 2. The summed E-state index contributed by atoms with van der Waals surface area (Å²) in [7, 11) is 0. The standard InChI is InChI=1S/C24H16Cl3N3O4/c1-12-2-9-19(18(28)10-12)34-24(33)13-3-5-14(6-4-13)29-21-20(27)22(31)30(23(21)32)15-7-8-16(25)17(26)11-15/h2-11,29H,28H2,1H3. The quantitative estimate of drug-likeness (QED) is 0.200. The van der Waals surface area contributed by atoms with Crippen molar-refractivity contribution in [3.8, 4) is 5.75 Å². The number of anilines is 3. The summed E-state index contributed by atoms with van der Waals surface area (Å²) in [6, 6.07) is 15.6. The Labute approximate surface area is 209 Å². The SMILES string of the molecule is Cc1ccc(OC(=O)c2ccc(NC3=C(Cl)C(=O)N(c4ccc(Cl)c(Cl)c4)C3=O)cc2)c(N)c1. The molecule has 0 aromatic heterocycles. The highest BCUT2D eigenvalue weighted by molar-refractivity contribution is 6.53. The summed E-state index contributed by atoms with van der Waals surface area (Å²) in [4.78, 5) is 38.9. The van der Waals surface area contributed by atoms with Crippen LogP contribution in [0.15, 0.2) is 71.4 Å². The van der Waals surface area contributed by atoms with Gasteiger partial charge in [-0.3, -0.25) is 9.59 Å². The number of aryl methyl sites for hydroxylation is 1. The maximum Gasteiger partial charge on any atom is 0.343 e. The van der Waals surface area contributed by atoms with E-state index in [1.54, 1.807) is 30.3 Å². The van der Waals surface area contributed by atoms with Gasteiger partial charge in [0, 0.05) is 5.69 Å². The average molecular weight is 517 g/mol. The molecule has 34 heavy (non-hydrogen) atoms. The third kappa shape index (κ3) is 4.59.